The summed E-state index contributed by atoms with van der Waals surface area (Å²) in [5, 5.41) is 65.4. The van der Waals surface area contributed by atoms with Gasteiger partial charge in [-0.25, -0.2) is 4.98 Å². The number of nitrogens with two attached hydrogens (primary N) is 2. The van der Waals surface area contributed by atoms with Crippen molar-refractivity contribution in [3.63, 3.8) is 0 Å². The van der Waals surface area contributed by atoms with Crippen LogP contribution in [0.15, 0.2) is 128 Å². The van der Waals surface area contributed by atoms with E-state index in [0.29, 0.717) is 47.2 Å². The van der Waals surface area contributed by atoms with E-state index >= 15 is 28.8 Å². The van der Waals surface area contributed by atoms with Crippen molar-refractivity contribution >= 4 is 143 Å². The number of hydrogen-bond donors (Lipinski definition) is 12. The number of phenolic OH excluding ortho intramolecular Hbond substituents is 1. The number of carbonyl (C=O) groups is 18. The number of amides is 5. The van der Waals surface area contributed by atoms with Gasteiger partial charge >= 0.3 is 11.9 Å². The maximum Gasteiger partial charge on any atom is 0.322 e. The number of hydrogen-bond acceptors (Lipinski definition) is 26. The highest BCUT2D eigenvalue weighted by Crippen LogP contribution is 2.36. The van der Waals surface area contributed by atoms with Gasteiger partial charge in [0.05, 0.1) is 57.0 Å². The summed E-state index contributed by atoms with van der Waals surface area (Å²) in [5.74, 6) is -25.8. The molecule has 14 unspecified atom stereocenters. The van der Waals surface area contributed by atoms with Crippen molar-refractivity contribution < 1.29 is 117 Å². The second-order valence-corrected chi connectivity index (χ2v) is 39.6. The predicted octanol–water partition coefficient (Wildman–Crippen LogP) is 8.79. The van der Waals surface area contributed by atoms with E-state index in [2.05, 4.69) is 34.8 Å². The van der Waals surface area contributed by atoms with E-state index in [1.165, 1.54) is 82.2 Å². The summed E-state index contributed by atoms with van der Waals surface area (Å²) < 4.78 is 5.17. The van der Waals surface area contributed by atoms with Crippen molar-refractivity contribution in [2.24, 2.45) is 82.5 Å². The minimum absolute atomic E-state index is 0.0112. The number of phenols is 1. The number of likely N-dealkylation sites (tertiary alicyclic amines) is 1. The second-order valence-electron chi connectivity index (χ2n) is 38.1. The van der Waals surface area contributed by atoms with Gasteiger partial charge in [0.25, 0.3) is 0 Å². The van der Waals surface area contributed by atoms with E-state index in [0.717, 1.165) is 10.9 Å². The van der Waals surface area contributed by atoms with Gasteiger partial charge in [-0.1, -0.05) is 111 Å². The molecule has 5 amide bonds. The number of fused-ring (bicyclic) bond motifs is 1. The second kappa shape index (κ2) is 62.0. The third-order valence-electron chi connectivity index (χ3n) is 27.2. The number of aliphatic hydroxyl groups excluding tert-OH is 2. The summed E-state index contributed by atoms with van der Waals surface area (Å²) in [5.41, 5.74) is 15.1. The Hall–Kier alpha value is -12.0. The lowest BCUT2D eigenvalue weighted by atomic mass is 9.78. The highest BCUT2D eigenvalue weighted by molar-refractivity contribution is 7.98. The average molecular weight is 2030 g/mol. The number of ketones is 11. The lowest BCUT2D eigenvalue weighted by Crippen LogP contribution is -2.48. The molecule has 36 nitrogen and oxygen atoms in total. The van der Waals surface area contributed by atoms with Crippen molar-refractivity contribution in [1.82, 2.24) is 45.2 Å². The molecule has 6 aromatic rings. The Bertz CT molecular complexity index is 5290. The number of H-pyrrole nitrogens is 2. The zero-order valence-electron chi connectivity index (χ0n) is 83.4. The molecule has 1 aliphatic heterocycles. The molecule has 1 fully saturated rings. The van der Waals surface area contributed by atoms with Crippen LogP contribution in [0.5, 0.6) is 5.75 Å². The lowest BCUT2D eigenvalue weighted by Gasteiger charge is -2.33. The molecule has 0 radical (unpaired) electrons. The van der Waals surface area contributed by atoms with Crippen LogP contribution in [0.2, 0.25) is 0 Å². The van der Waals surface area contributed by atoms with E-state index in [-0.39, 0.29) is 133 Å². The van der Waals surface area contributed by atoms with Crippen molar-refractivity contribution in [3.8, 4) is 5.75 Å². The average Bonchev–Trinajstić information content (AvgIpc) is 1.71. The number of unbranched alkanes of at least 4 members (excludes halogenated alkanes) is 1. The van der Waals surface area contributed by atoms with Gasteiger partial charge in [0.1, 0.15) is 70.9 Å². The first-order valence-electron chi connectivity index (χ1n) is 49.5. The Kier molecular flexibility index (Phi) is 51.2. The summed E-state index contributed by atoms with van der Waals surface area (Å²) in [6, 6.07) is 28.8. The van der Waals surface area contributed by atoms with Crippen LogP contribution in [0, 0.1) is 76.4 Å². The first kappa shape index (κ1) is 119. The SMILES string of the molecule is COCCN(CC(=O)N(CC(=O)N(CC(=O)CC(CO)C(=O)CC(Cc1ccc(O)cc1)C(=O)CC(CO)C(=O)CC(CCSC)C(=O)CC(CCC(=O)O)C(=O)CC(Cc1c[nH]cn1)C(=O)CC(CP)C(=O)CC(CCCNC(=N)N)C(=O)CC(Cc1c[nH]c2ccccc12)C(=O)CC(CCCCN)C(=O)N1CCCC1C(=O)CC(C(=O)NCC(=O)O)C(C)C)C(C)c1ccccc1)Cc1ccccc1)C(C)=O. The smallest absolute Gasteiger partial charge is 0.322 e. The van der Waals surface area contributed by atoms with Gasteiger partial charge in [-0.3, -0.25) is 91.7 Å². The zero-order valence-corrected chi connectivity index (χ0v) is 85.4. The summed E-state index contributed by atoms with van der Waals surface area (Å²) >= 11 is 1.32. The number of nitrogens with one attached hydrogen (secondary N) is 5. The van der Waals surface area contributed by atoms with Gasteiger partial charge in [0.15, 0.2) is 17.5 Å². The minimum atomic E-state index is -1.48. The minimum Gasteiger partial charge on any atom is -0.508 e. The van der Waals surface area contributed by atoms with Crippen LogP contribution in [-0.4, -0.2) is 275 Å². The third-order valence-corrected chi connectivity index (χ3v) is 28.4. The Morgan fingerprint density at radius 3 is 1.69 bits per heavy atom. The number of aromatic amines is 2. The quantitative estimate of drug-likeness (QED) is 0.00734. The van der Waals surface area contributed by atoms with Crippen molar-refractivity contribution in [2.45, 2.75) is 200 Å². The predicted molar refractivity (Wildman–Crippen MR) is 544 cm³/mol. The molecule has 0 bridgehead atoms. The zero-order chi connectivity index (χ0) is 106. The summed E-state index contributed by atoms with van der Waals surface area (Å²) in [7, 11) is 3.91. The number of aromatic hydroxyl groups is 1. The number of Topliss-reactive ketones (excluding diaryl/α,β-unsaturated/α-hetero) is 11. The van der Waals surface area contributed by atoms with E-state index < -0.39 is 292 Å². The number of aliphatic carboxylic acids is 2. The molecule has 144 heavy (non-hydrogen) atoms. The topological polar surface area (TPSA) is 575 Å². The number of guanidine groups is 1. The highest BCUT2D eigenvalue weighted by atomic mass is 32.2. The maximum absolute atomic E-state index is 15.4. The first-order chi connectivity index (χ1) is 68.8. The van der Waals surface area contributed by atoms with Gasteiger partial charge < -0.3 is 81.9 Å². The number of methoxy groups -OCH3 is 1. The van der Waals surface area contributed by atoms with Crippen LogP contribution in [0.25, 0.3) is 10.9 Å². The van der Waals surface area contributed by atoms with E-state index in [9.17, 15) is 83.1 Å². The molecule has 0 aliphatic carbocycles. The number of rotatable bonds is 73. The number of thioether (sulfide) groups is 1. The molecule has 0 spiro atoms. The first-order valence-corrected chi connectivity index (χ1v) is 51.7. The fraction of sp³-hybridized carbons (Fsp3) is 0.547. The van der Waals surface area contributed by atoms with E-state index in [1.807, 2.05) is 24.3 Å². The number of para-hydroxylation sites is 1. The molecule has 7 rings (SSSR count). The standard InChI is InChI=1S/C106H145N12O24PS/c1-66(2)87(104(140)113-57-103(138)139)54-99(133)89-27-18-37-117(89)105(141)75(23-15-16-35-107)48-93(127)77(42-79-55-112-88-26-14-13-25-86(79)88)50-91(125)72(24-17-36-111-106(108)109)45-98(132)82(64-143)53-95(129)78(43-83-56-110-65-114-83)51-92(126)73(30-33-102(136)137)46-90(124)74(34-40-144-6)47-96(130)81(63-120)52-94(128)76(41-69-28-31-84(122)32-29-69)49-97(131)80(62-119)44-85(123)59-118(67(3)71-21-11-8-12-22-71)101(135)61-116(58-70-19-9-7-10-20-70)100(134)60-115(68(4)121)38-39-142-5/h7-14,19-22,25-26,28-29,31-32,55-56,65-67,72-78,80-82,87,89,112,119-120,122H,15-18,23-24,27,30,33-54,57-64,107,143H2,1-6H3,(H,110,114)(H,113,140)(H,136,137)(H,138,139)(H4,108,109,111). The molecule has 2 aromatic heterocycles. The summed E-state index contributed by atoms with van der Waals surface area (Å²) in [6.07, 6.45) is 1.43. The molecule has 1 aliphatic rings. The molecule has 14 atom stereocenters. The number of carboxylic acids is 2. The number of aliphatic hydroxyl groups is 2. The van der Waals surface area contributed by atoms with Gasteiger partial charge in [0, 0.05) is 212 Å². The largest absolute Gasteiger partial charge is 0.508 e. The van der Waals surface area contributed by atoms with Crippen molar-refractivity contribution in [2.75, 3.05) is 97.5 Å². The van der Waals surface area contributed by atoms with Crippen molar-refractivity contribution in [3.05, 3.63) is 156 Å². The van der Waals surface area contributed by atoms with Gasteiger partial charge in [-0.05, 0) is 142 Å². The number of nitrogens with zero attached hydrogens (tertiary/aromatic N) is 5. The van der Waals surface area contributed by atoms with Crippen LogP contribution in [0.1, 0.15) is 197 Å². The van der Waals surface area contributed by atoms with Crippen LogP contribution >= 0.6 is 21.0 Å². The van der Waals surface area contributed by atoms with E-state index in [1.54, 1.807) is 93.9 Å². The molecular weight excluding hydrogens is 1890 g/mol. The Morgan fingerprint density at radius 1 is 0.583 bits per heavy atom. The molecule has 3 heterocycles. The van der Waals surface area contributed by atoms with Gasteiger partial charge in [-0.15, -0.1) is 9.24 Å². The Labute approximate surface area is 847 Å². The van der Waals surface area contributed by atoms with Crippen molar-refractivity contribution in [1.29, 1.82) is 5.41 Å². The highest BCUT2D eigenvalue weighted by Gasteiger charge is 2.43. The molecule has 1 saturated heterocycles. The van der Waals surface area contributed by atoms with Gasteiger partial charge in [-0.2, -0.15) is 11.8 Å². The molecule has 38 heteroatoms. The number of aromatic nitrogens is 3. The molecule has 784 valence electrons. The normalized spacial score (nSPS) is 15.0. The molecular formula is C106H145N12O24PS. The summed E-state index contributed by atoms with van der Waals surface area (Å²) in [6.45, 7) is 3.13. The third kappa shape index (κ3) is 39.2. The molecule has 14 N–H and O–H groups in total. The van der Waals surface area contributed by atoms with Crippen LogP contribution in [0.4, 0.5) is 0 Å². The van der Waals surface area contributed by atoms with Crippen LogP contribution in [0.3, 0.4) is 0 Å². The van der Waals surface area contributed by atoms with Crippen LogP contribution in [-0.2, 0) is 117 Å². The monoisotopic (exact) mass is 2030 g/mol. The molecule has 0 saturated carbocycles. The summed E-state index contributed by atoms with van der Waals surface area (Å²) in [4.78, 5) is 274. The number of carboxylic acid groups (broad SMARTS) is 2. The Morgan fingerprint density at radius 2 is 1.12 bits per heavy atom. The van der Waals surface area contributed by atoms with Crippen LogP contribution < -0.4 is 22.1 Å². The molecule has 4 aromatic carbocycles. The number of ether oxygens (including phenoxy) is 1. The van der Waals surface area contributed by atoms with E-state index in [4.69, 9.17) is 21.6 Å². The lowest BCUT2D eigenvalue weighted by molar-refractivity contribution is -0.146. The number of carbonyl (C=O) groups excluding carboxylic acids is 16. The van der Waals surface area contributed by atoms with Gasteiger partial charge in [0.2, 0.25) is 29.5 Å². The fourth-order valence-electron chi connectivity index (χ4n) is 18.6. The Balaban J connectivity index is 1.09. The number of benzene rings is 4. The fourth-order valence-corrected chi connectivity index (χ4v) is 19.5. The number of imidazole rings is 1. The maximum atomic E-state index is 15.4.